The van der Waals surface area contributed by atoms with Crippen molar-refractivity contribution in [1.82, 2.24) is 4.90 Å². The molecule has 18 heavy (non-hydrogen) atoms. The van der Waals surface area contributed by atoms with Gasteiger partial charge in [-0.1, -0.05) is 26.1 Å². The van der Waals surface area contributed by atoms with Gasteiger partial charge in [0.2, 0.25) is 5.91 Å². The second kappa shape index (κ2) is 5.37. The van der Waals surface area contributed by atoms with Gasteiger partial charge < -0.3 is 10.6 Å². The summed E-state index contributed by atoms with van der Waals surface area (Å²) in [5.41, 5.74) is 5.33. The summed E-state index contributed by atoms with van der Waals surface area (Å²) >= 11 is 7.13. The highest BCUT2D eigenvalue weighted by atomic mass is 32.2. The van der Waals surface area contributed by atoms with Gasteiger partial charge >= 0.3 is 0 Å². The van der Waals surface area contributed by atoms with Crippen LogP contribution >= 0.6 is 24.0 Å². The SMILES string of the molecule is CCC1CN(C(=O)C2(C(N)=S)CC(C)C2)CCS1. The van der Waals surface area contributed by atoms with Crippen molar-refractivity contribution >= 4 is 34.9 Å². The fraction of sp³-hybridized carbons (Fsp3) is 0.846. The Bertz CT molecular complexity index is 353. The van der Waals surface area contributed by atoms with Crippen LogP contribution in [0.15, 0.2) is 0 Å². The van der Waals surface area contributed by atoms with Crippen LogP contribution in [0.4, 0.5) is 0 Å². The second-order valence-corrected chi connectivity index (χ2v) is 7.46. The zero-order chi connectivity index (χ0) is 13.3. The third-order valence-electron chi connectivity index (χ3n) is 4.16. The predicted octanol–water partition coefficient (Wildman–Crippen LogP) is 2.04. The van der Waals surface area contributed by atoms with E-state index in [0.717, 1.165) is 38.1 Å². The Morgan fingerprint density at radius 1 is 1.56 bits per heavy atom. The van der Waals surface area contributed by atoms with Crippen LogP contribution in [0.5, 0.6) is 0 Å². The van der Waals surface area contributed by atoms with Crippen LogP contribution in [0, 0.1) is 11.3 Å². The van der Waals surface area contributed by atoms with Gasteiger partial charge in [-0.2, -0.15) is 11.8 Å². The number of hydrogen-bond acceptors (Lipinski definition) is 3. The molecule has 0 radical (unpaired) electrons. The first-order valence-electron chi connectivity index (χ1n) is 6.70. The molecule has 1 saturated carbocycles. The fourth-order valence-electron chi connectivity index (χ4n) is 3.06. The Balaban J connectivity index is 2.07. The largest absolute Gasteiger partial charge is 0.392 e. The number of thioether (sulfide) groups is 1. The van der Waals surface area contributed by atoms with Gasteiger partial charge in [-0.15, -0.1) is 0 Å². The third kappa shape index (κ3) is 2.39. The minimum absolute atomic E-state index is 0.187. The van der Waals surface area contributed by atoms with Gasteiger partial charge in [0.05, 0.1) is 10.4 Å². The van der Waals surface area contributed by atoms with Crippen molar-refractivity contribution in [3.8, 4) is 0 Å². The molecule has 102 valence electrons. The molecule has 2 fully saturated rings. The van der Waals surface area contributed by atoms with E-state index in [-0.39, 0.29) is 5.91 Å². The minimum Gasteiger partial charge on any atom is -0.392 e. The van der Waals surface area contributed by atoms with Gasteiger partial charge in [-0.05, 0) is 25.2 Å². The number of hydrogen-bond donors (Lipinski definition) is 1. The molecular formula is C13H22N2OS2. The number of nitrogens with zero attached hydrogens (tertiary/aromatic N) is 1. The zero-order valence-electron chi connectivity index (χ0n) is 11.1. The predicted molar refractivity (Wildman–Crippen MR) is 80.7 cm³/mol. The standard InChI is InChI=1S/C13H22N2OS2/c1-3-10-8-15(4-5-18-10)12(16)13(11(14)17)6-9(2)7-13/h9-10H,3-8H2,1-2H3,(H2,14,17). The van der Waals surface area contributed by atoms with Crippen LogP contribution in [0.1, 0.15) is 33.1 Å². The lowest BCUT2D eigenvalue weighted by atomic mass is 9.61. The smallest absolute Gasteiger partial charge is 0.235 e. The van der Waals surface area contributed by atoms with Gasteiger partial charge in [-0.25, -0.2) is 0 Å². The summed E-state index contributed by atoms with van der Waals surface area (Å²) in [4.78, 5) is 15.1. The van der Waals surface area contributed by atoms with Crippen LogP contribution in [0.2, 0.25) is 0 Å². The van der Waals surface area contributed by atoms with E-state index in [1.165, 1.54) is 0 Å². The van der Waals surface area contributed by atoms with Crippen molar-refractivity contribution in [2.75, 3.05) is 18.8 Å². The number of amides is 1. The lowest BCUT2D eigenvalue weighted by Gasteiger charge is -2.47. The molecule has 1 heterocycles. The summed E-state index contributed by atoms with van der Waals surface area (Å²) in [6, 6.07) is 0. The Hall–Kier alpha value is -0.290. The van der Waals surface area contributed by atoms with E-state index in [2.05, 4.69) is 13.8 Å². The molecule has 5 heteroatoms. The molecule has 0 aromatic carbocycles. The van der Waals surface area contributed by atoms with Crippen molar-refractivity contribution in [3.63, 3.8) is 0 Å². The van der Waals surface area contributed by atoms with Crippen LogP contribution < -0.4 is 5.73 Å². The van der Waals surface area contributed by atoms with Crippen LogP contribution in [-0.4, -0.2) is 39.9 Å². The molecule has 1 unspecified atom stereocenters. The highest BCUT2D eigenvalue weighted by Gasteiger charge is 2.52. The molecule has 1 aliphatic carbocycles. The van der Waals surface area contributed by atoms with E-state index in [1.54, 1.807) is 0 Å². The lowest BCUT2D eigenvalue weighted by molar-refractivity contribution is -0.144. The Morgan fingerprint density at radius 2 is 2.22 bits per heavy atom. The first-order chi connectivity index (χ1) is 8.49. The van der Waals surface area contributed by atoms with Gasteiger partial charge in [0.25, 0.3) is 0 Å². The second-order valence-electron chi connectivity index (χ2n) is 5.61. The van der Waals surface area contributed by atoms with Crippen LogP contribution in [0.3, 0.4) is 0 Å². The maximum atomic E-state index is 12.7. The molecule has 1 saturated heterocycles. The van der Waals surface area contributed by atoms with Gasteiger partial charge in [0.1, 0.15) is 0 Å². The minimum atomic E-state index is -0.519. The van der Waals surface area contributed by atoms with E-state index in [1.807, 2.05) is 16.7 Å². The number of carbonyl (C=O) groups excluding carboxylic acids is 1. The maximum absolute atomic E-state index is 12.7. The number of thiocarbonyl (C=S) groups is 1. The van der Waals surface area contributed by atoms with Crippen molar-refractivity contribution in [2.24, 2.45) is 17.1 Å². The first-order valence-corrected chi connectivity index (χ1v) is 8.16. The summed E-state index contributed by atoms with van der Waals surface area (Å²) in [5, 5.41) is 0.573. The molecule has 1 aliphatic heterocycles. The normalized spacial score (nSPS) is 36.0. The molecule has 0 aromatic heterocycles. The molecule has 0 spiro atoms. The van der Waals surface area contributed by atoms with E-state index in [9.17, 15) is 4.79 Å². The average molecular weight is 286 g/mol. The number of rotatable bonds is 3. The number of nitrogens with two attached hydrogens (primary N) is 1. The third-order valence-corrected chi connectivity index (χ3v) is 5.92. The number of carbonyl (C=O) groups is 1. The van der Waals surface area contributed by atoms with Crippen molar-refractivity contribution in [1.29, 1.82) is 0 Å². The van der Waals surface area contributed by atoms with Crippen LogP contribution in [0.25, 0.3) is 0 Å². The Kier molecular flexibility index (Phi) is 4.22. The molecule has 2 N–H and O–H groups in total. The highest BCUT2D eigenvalue weighted by Crippen LogP contribution is 2.47. The summed E-state index contributed by atoms with van der Waals surface area (Å²) in [6.07, 6.45) is 2.79. The maximum Gasteiger partial charge on any atom is 0.235 e. The summed E-state index contributed by atoms with van der Waals surface area (Å²) in [7, 11) is 0. The van der Waals surface area contributed by atoms with Crippen molar-refractivity contribution in [3.05, 3.63) is 0 Å². The molecule has 0 aromatic rings. The summed E-state index contributed by atoms with van der Waals surface area (Å²) < 4.78 is 0. The average Bonchev–Trinajstić information content (AvgIpc) is 2.33. The van der Waals surface area contributed by atoms with Gasteiger partial charge in [-0.3, -0.25) is 4.79 Å². The molecule has 1 atom stereocenters. The fourth-order valence-corrected chi connectivity index (χ4v) is 4.50. The van der Waals surface area contributed by atoms with E-state index in [0.29, 0.717) is 16.2 Å². The van der Waals surface area contributed by atoms with Gasteiger partial charge in [0.15, 0.2) is 0 Å². The van der Waals surface area contributed by atoms with Crippen molar-refractivity contribution < 1.29 is 4.79 Å². The summed E-state index contributed by atoms with van der Waals surface area (Å²) in [5.74, 6) is 1.79. The molecule has 1 amide bonds. The zero-order valence-corrected chi connectivity index (χ0v) is 12.8. The molecule has 2 aliphatic rings. The van der Waals surface area contributed by atoms with Crippen molar-refractivity contribution in [2.45, 2.75) is 38.4 Å². The molecule has 2 rings (SSSR count). The van der Waals surface area contributed by atoms with Crippen LogP contribution in [-0.2, 0) is 4.79 Å². The Morgan fingerprint density at radius 3 is 2.72 bits per heavy atom. The molecule has 3 nitrogen and oxygen atoms in total. The summed E-state index contributed by atoms with van der Waals surface area (Å²) in [6.45, 7) is 6.04. The quantitative estimate of drug-likeness (QED) is 0.807. The molecule has 0 bridgehead atoms. The highest BCUT2D eigenvalue weighted by molar-refractivity contribution is 8.00. The van der Waals surface area contributed by atoms with E-state index >= 15 is 0 Å². The van der Waals surface area contributed by atoms with E-state index < -0.39 is 5.41 Å². The van der Waals surface area contributed by atoms with Gasteiger partial charge in [0, 0.05) is 24.1 Å². The monoisotopic (exact) mass is 286 g/mol. The molecular weight excluding hydrogens is 264 g/mol. The lowest BCUT2D eigenvalue weighted by Crippen LogP contribution is -2.58. The first kappa shape index (κ1) is 14.1. The van der Waals surface area contributed by atoms with E-state index in [4.69, 9.17) is 18.0 Å². The Labute approximate surface area is 119 Å². The topological polar surface area (TPSA) is 46.3 Å².